The topological polar surface area (TPSA) is 74.4 Å². The summed E-state index contributed by atoms with van der Waals surface area (Å²) < 4.78 is 39.6. The van der Waals surface area contributed by atoms with E-state index in [9.17, 15) is 13.6 Å². The highest BCUT2D eigenvalue weighted by atomic mass is 19.1. The lowest BCUT2D eigenvalue weighted by Gasteiger charge is -2.11. The van der Waals surface area contributed by atoms with Crippen molar-refractivity contribution < 1.29 is 23.0 Å². The Morgan fingerprint density at radius 3 is 2.74 bits per heavy atom. The molecule has 7 heteroatoms. The molecule has 0 amide bonds. The molecule has 0 bridgehead atoms. The largest absolute Gasteiger partial charge is 0.489 e. The summed E-state index contributed by atoms with van der Waals surface area (Å²) in [5, 5.41) is 0. The van der Waals surface area contributed by atoms with Gasteiger partial charge in [0.15, 0.2) is 0 Å². The van der Waals surface area contributed by atoms with E-state index in [1.54, 1.807) is 18.3 Å². The van der Waals surface area contributed by atoms with Gasteiger partial charge in [-0.25, -0.2) is 13.8 Å². The molecule has 1 fully saturated rings. The summed E-state index contributed by atoms with van der Waals surface area (Å²) in [6.07, 6.45) is 1.64. The van der Waals surface area contributed by atoms with Gasteiger partial charge in [0.2, 0.25) is 0 Å². The van der Waals surface area contributed by atoms with Gasteiger partial charge in [0.05, 0.1) is 0 Å². The Balaban J connectivity index is 1.26. The summed E-state index contributed by atoms with van der Waals surface area (Å²) in [6, 6.07) is 11.2. The van der Waals surface area contributed by atoms with E-state index in [4.69, 9.17) is 15.2 Å². The number of ether oxygens (including phenoxy) is 2. The van der Waals surface area contributed by atoms with Gasteiger partial charge in [-0.2, -0.15) is 0 Å². The third-order valence-electron chi connectivity index (χ3n) is 5.87. The van der Waals surface area contributed by atoms with Crippen molar-refractivity contribution in [1.82, 2.24) is 4.98 Å². The van der Waals surface area contributed by atoms with Crippen molar-refractivity contribution in [1.29, 1.82) is 0 Å². The van der Waals surface area contributed by atoms with Gasteiger partial charge in [0.1, 0.15) is 46.6 Å². The smallest absolute Gasteiger partial charge is 0.137 e. The van der Waals surface area contributed by atoms with Crippen LogP contribution in [0.15, 0.2) is 48.7 Å². The number of nitrogen functional groups attached to an aromatic ring is 1. The van der Waals surface area contributed by atoms with Crippen molar-refractivity contribution in [3.05, 3.63) is 77.0 Å². The maximum absolute atomic E-state index is 14.1. The Morgan fingerprint density at radius 2 is 1.94 bits per heavy atom. The lowest BCUT2D eigenvalue weighted by Crippen LogP contribution is -2.10. The summed E-state index contributed by atoms with van der Waals surface area (Å²) >= 11 is 0. The molecule has 3 aromatic rings. The van der Waals surface area contributed by atoms with Crippen molar-refractivity contribution >= 4 is 11.6 Å². The summed E-state index contributed by atoms with van der Waals surface area (Å²) in [5.74, 6) is 1.32. The summed E-state index contributed by atoms with van der Waals surface area (Å²) in [4.78, 5) is 16.4. The molecule has 0 saturated heterocycles. The molecule has 1 aromatic heterocycles. The van der Waals surface area contributed by atoms with E-state index in [0.717, 1.165) is 23.4 Å². The predicted octanol–water partition coefficient (Wildman–Crippen LogP) is 4.72. The Labute approximate surface area is 177 Å². The van der Waals surface area contributed by atoms with Gasteiger partial charge in [-0.15, -0.1) is 0 Å². The number of aromatic nitrogens is 1. The number of nitrogens with two attached hydrogens (primary N) is 1. The minimum Gasteiger partial charge on any atom is -0.489 e. The van der Waals surface area contributed by atoms with Crippen LogP contribution in [0.2, 0.25) is 0 Å². The number of rotatable bonds is 6. The van der Waals surface area contributed by atoms with Crippen molar-refractivity contribution in [2.24, 2.45) is 5.92 Å². The highest BCUT2D eigenvalue weighted by molar-refractivity contribution is 5.82. The first-order valence-electron chi connectivity index (χ1n) is 10.1. The number of pyridine rings is 1. The molecule has 0 radical (unpaired) electrons. The number of carbonyl (C=O) groups excluding carboxylic acids is 1. The van der Waals surface area contributed by atoms with E-state index < -0.39 is 11.6 Å². The monoisotopic (exact) mass is 422 g/mol. The molecule has 0 unspecified atom stereocenters. The fraction of sp³-hybridized carbons (Fsp3) is 0.250. The SMILES string of the molecule is Cc1cc(F)c(CC(=O)C[C@@H]2[C@H]3Oc4ccc(Oc5ccnc(N)c5)cc4[C@@H]23)cc1F. The van der Waals surface area contributed by atoms with Crippen molar-refractivity contribution in [3.63, 3.8) is 0 Å². The zero-order chi connectivity index (χ0) is 21.7. The Bertz CT molecular complexity index is 1200. The number of Topliss-reactive ketones (excluding diaryl/α,β-unsaturated/α-hetero) is 1. The molecule has 31 heavy (non-hydrogen) atoms. The zero-order valence-electron chi connectivity index (χ0n) is 16.8. The number of ketones is 1. The van der Waals surface area contributed by atoms with Gasteiger partial charge in [-0.1, -0.05) is 0 Å². The van der Waals surface area contributed by atoms with E-state index in [-0.39, 0.29) is 47.7 Å². The number of fused-ring (bicyclic) bond motifs is 3. The van der Waals surface area contributed by atoms with Gasteiger partial charge in [0, 0.05) is 42.5 Å². The van der Waals surface area contributed by atoms with E-state index in [1.807, 2.05) is 18.2 Å². The van der Waals surface area contributed by atoms with Gasteiger partial charge in [0.25, 0.3) is 0 Å². The molecule has 1 aliphatic heterocycles. The minimum atomic E-state index is -0.552. The fourth-order valence-electron chi connectivity index (χ4n) is 4.26. The second-order valence-electron chi connectivity index (χ2n) is 8.10. The molecule has 1 saturated carbocycles. The van der Waals surface area contributed by atoms with Crippen LogP contribution in [0, 0.1) is 24.5 Å². The first-order valence-corrected chi connectivity index (χ1v) is 10.1. The first-order chi connectivity index (χ1) is 14.9. The number of hydrogen-bond donors (Lipinski definition) is 1. The highest BCUT2D eigenvalue weighted by Crippen LogP contribution is 2.60. The maximum Gasteiger partial charge on any atom is 0.137 e. The maximum atomic E-state index is 14.1. The van der Waals surface area contributed by atoms with E-state index >= 15 is 0 Å². The van der Waals surface area contributed by atoms with Crippen molar-refractivity contribution in [3.8, 4) is 17.2 Å². The van der Waals surface area contributed by atoms with Gasteiger partial charge < -0.3 is 15.2 Å². The molecule has 2 N–H and O–H groups in total. The minimum absolute atomic E-state index is 0.0326. The molecule has 0 spiro atoms. The Morgan fingerprint density at radius 1 is 1.13 bits per heavy atom. The number of benzene rings is 2. The normalized spacial score (nSPS) is 20.5. The quantitative estimate of drug-likeness (QED) is 0.622. The van der Waals surface area contributed by atoms with Crippen LogP contribution in [0.25, 0.3) is 0 Å². The molecular weight excluding hydrogens is 402 g/mol. The summed E-state index contributed by atoms with van der Waals surface area (Å²) in [5.41, 5.74) is 7.00. The van der Waals surface area contributed by atoms with Crippen molar-refractivity contribution in [2.45, 2.75) is 31.8 Å². The Kier molecular flexibility index (Phi) is 4.61. The van der Waals surface area contributed by atoms with E-state index in [1.165, 1.54) is 6.92 Å². The summed E-state index contributed by atoms with van der Waals surface area (Å²) in [6.45, 7) is 1.49. The lowest BCUT2D eigenvalue weighted by molar-refractivity contribution is -0.119. The molecule has 5 nitrogen and oxygen atoms in total. The van der Waals surface area contributed by atoms with Crippen LogP contribution in [-0.4, -0.2) is 16.9 Å². The molecule has 3 atom stereocenters. The number of anilines is 1. The van der Waals surface area contributed by atoms with Crippen LogP contribution in [-0.2, 0) is 11.2 Å². The van der Waals surface area contributed by atoms with Gasteiger partial charge >= 0.3 is 0 Å². The van der Waals surface area contributed by atoms with Crippen LogP contribution >= 0.6 is 0 Å². The van der Waals surface area contributed by atoms with Gasteiger partial charge in [-0.05, 0) is 54.4 Å². The van der Waals surface area contributed by atoms with Crippen LogP contribution in [0.1, 0.15) is 29.0 Å². The number of nitrogens with zero attached hydrogens (tertiary/aromatic N) is 1. The standard InChI is InChI=1S/C24H20F2N2O3/c1-12-6-20(26)13(8-19(12)25)7-14(29)9-18-23-17-10-15(2-3-21(17)31-24(18)23)30-16-4-5-28-22(27)11-16/h2-6,8,10-11,18,23-24H,7,9H2,1H3,(H2,27,28)/t18-,23-,24+/m0/s1. The van der Waals surface area contributed by atoms with Crippen LogP contribution in [0.4, 0.5) is 14.6 Å². The number of aryl methyl sites for hydroxylation is 1. The Hall–Kier alpha value is -3.48. The predicted molar refractivity (Wildman–Crippen MR) is 110 cm³/mol. The number of halogens is 2. The van der Waals surface area contributed by atoms with Gasteiger partial charge in [-0.3, -0.25) is 4.79 Å². The molecule has 5 rings (SSSR count). The second-order valence-corrected chi connectivity index (χ2v) is 8.10. The third-order valence-corrected chi connectivity index (χ3v) is 5.87. The first kappa shape index (κ1) is 19.5. The van der Waals surface area contributed by atoms with E-state index in [2.05, 4.69) is 4.98 Å². The average molecular weight is 422 g/mol. The molecule has 2 aliphatic rings. The fourth-order valence-corrected chi connectivity index (χ4v) is 4.26. The van der Waals surface area contributed by atoms with Crippen LogP contribution < -0.4 is 15.2 Å². The third kappa shape index (κ3) is 3.71. The van der Waals surface area contributed by atoms with Crippen molar-refractivity contribution in [2.75, 3.05) is 5.73 Å². The molecule has 1 aliphatic carbocycles. The average Bonchev–Trinajstić information content (AvgIpc) is 3.23. The summed E-state index contributed by atoms with van der Waals surface area (Å²) in [7, 11) is 0. The van der Waals surface area contributed by atoms with Crippen LogP contribution in [0.5, 0.6) is 17.2 Å². The molecule has 2 heterocycles. The molecular formula is C24H20F2N2O3. The lowest BCUT2D eigenvalue weighted by atomic mass is 10.0. The zero-order valence-corrected chi connectivity index (χ0v) is 16.8. The highest BCUT2D eigenvalue weighted by Gasteiger charge is 2.59. The second kappa shape index (κ2) is 7.34. The van der Waals surface area contributed by atoms with Crippen LogP contribution in [0.3, 0.4) is 0 Å². The van der Waals surface area contributed by atoms with E-state index in [0.29, 0.717) is 17.3 Å². The number of hydrogen-bond acceptors (Lipinski definition) is 5. The molecule has 158 valence electrons. The molecule has 2 aromatic carbocycles. The number of carbonyl (C=O) groups is 1.